The van der Waals surface area contributed by atoms with Crippen LogP contribution in [-0.2, 0) is 17.9 Å². The zero-order valence-corrected chi connectivity index (χ0v) is 33.0. The van der Waals surface area contributed by atoms with Crippen LogP contribution in [-0.4, -0.2) is 19.5 Å². The largest absolute Gasteiger partial charge is 0.454 e. The molecular formula is C51H44N4O. The second-order valence-corrected chi connectivity index (χ2v) is 17.3. The molecule has 6 aromatic carbocycles. The monoisotopic (exact) mass is 728 g/mol. The molecule has 0 saturated carbocycles. The molecule has 274 valence electrons. The molecule has 4 aromatic heterocycles. The van der Waals surface area contributed by atoms with Gasteiger partial charge in [-0.1, -0.05) is 108 Å². The minimum Gasteiger partial charge on any atom is -0.454 e. The number of hydrogen-bond donors (Lipinski definition) is 1. The van der Waals surface area contributed by atoms with E-state index in [0.29, 0.717) is 0 Å². The van der Waals surface area contributed by atoms with Crippen molar-refractivity contribution in [3.8, 4) is 44.9 Å². The number of H-pyrrole nitrogens is 1. The number of nitrogens with zero attached hydrogens (tertiary/aromatic N) is 3. The van der Waals surface area contributed by atoms with Crippen molar-refractivity contribution >= 4 is 54.8 Å². The fraction of sp³-hybridized carbons (Fsp3) is 0.176. The van der Waals surface area contributed by atoms with E-state index in [9.17, 15) is 0 Å². The molecule has 0 unspecified atom stereocenters. The second-order valence-electron chi connectivity index (χ2n) is 17.3. The van der Waals surface area contributed by atoms with Crippen molar-refractivity contribution in [1.29, 1.82) is 0 Å². The molecule has 10 aromatic rings. The lowest BCUT2D eigenvalue weighted by molar-refractivity contribution is 0.590. The fourth-order valence-corrected chi connectivity index (χ4v) is 8.34. The molecule has 5 heteroatoms. The number of furan rings is 1. The minimum atomic E-state index is -0.0606. The van der Waals surface area contributed by atoms with Crippen LogP contribution in [0.2, 0.25) is 0 Å². The lowest BCUT2D eigenvalue weighted by atomic mass is 9.84. The van der Waals surface area contributed by atoms with Crippen molar-refractivity contribution in [1.82, 2.24) is 19.5 Å². The predicted molar refractivity (Wildman–Crippen MR) is 234 cm³/mol. The third-order valence-electron chi connectivity index (χ3n) is 11.5. The number of rotatable bonds is 4. The fourth-order valence-electron chi connectivity index (χ4n) is 8.34. The topological polar surface area (TPSA) is 59.6 Å². The minimum absolute atomic E-state index is 0.0440. The van der Waals surface area contributed by atoms with E-state index in [0.717, 1.165) is 88.9 Å². The SMILES string of the molecule is Cn1c(-c2cc(C(C)(C)C)cc3c2[nH]c2ccc(C(C)(C)C)cc23)nc2c(-c3cc(-c4ccccc4)cc(-c4nccc5c4oc4ccccc45)c3)cccc21. The maximum Gasteiger partial charge on any atom is 0.161 e. The first-order valence-electron chi connectivity index (χ1n) is 19.5. The second kappa shape index (κ2) is 12.3. The van der Waals surface area contributed by atoms with Crippen LogP contribution in [0.1, 0.15) is 52.7 Å². The van der Waals surface area contributed by atoms with Gasteiger partial charge in [0.2, 0.25) is 0 Å². The highest BCUT2D eigenvalue weighted by molar-refractivity contribution is 6.13. The Balaban J connectivity index is 1.21. The molecule has 0 spiro atoms. The number of pyridine rings is 1. The van der Waals surface area contributed by atoms with Gasteiger partial charge in [0.05, 0.1) is 16.6 Å². The molecule has 0 atom stereocenters. The Kier molecular flexibility index (Phi) is 7.47. The summed E-state index contributed by atoms with van der Waals surface area (Å²) in [5.74, 6) is 0.930. The zero-order chi connectivity index (χ0) is 38.5. The van der Waals surface area contributed by atoms with Crippen molar-refractivity contribution < 1.29 is 4.42 Å². The van der Waals surface area contributed by atoms with Crippen molar-refractivity contribution in [2.45, 2.75) is 52.4 Å². The van der Waals surface area contributed by atoms with Crippen LogP contribution in [0, 0.1) is 0 Å². The molecule has 0 saturated heterocycles. The number of aromatic nitrogens is 4. The molecule has 5 nitrogen and oxygen atoms in total. The van der Waals surface area contributed by atoms with Crippen LogP contribution >= 0.6 is 0 Å². The van der Waals surface area contributed by atoms with Crippen molar-refractivity contribution in [2.24, 2.45) is 7.05 Å². The van der Waals surface area contributed by atoms with Crippen LogP contribution in [0.3, 0.4) is 0 Å². The summed E-state index contributed by atoms with van der Waals surface area (Å²) in [7, 11) is 2.14. The van der Waals surface area contributed by atoms with Gasteiger partial charge in [-0.25, -0.2) is 4.98 Å². The molecule has 0 aliphatic heterocycles. The summed E-state index contributed by atoms with van der Waals surface area (Å²) in [5.41, 5.74) is 15.8. The molecule has 0 aliphatic rings. The Morgan fingerprint density at radius 1 is 0.571 bits per heavy atom. The van der Waals surface area contributed by atoms with Crippen LogP contribution < -0.4 is 0 Å². The van der Waals surface area contributed by atoms with Crippen molar-refractivity contribution in [3.63, 3.8) is 0 Å². The Hall–Kier alpha value is -6.46. The number of nitrogens with one attached hydrogen (secondary N) is 1. The molecular weight excluding hydrogens is 685 g/mol. The van der Waals surface area contributed by atoms with Gasteiger partial charge in [-0.05, 0) is 99.3 Å². The Bertz CT molecular complexity index is 3160. The first kappa shape index (κ1) is 34.1. The maximum absolute atomic E-state index is 6.50. The van der Waals surface area contributed by atoms with E-state index in [2.05, 4.69) is 167 Å². The van der Waals surface area contributed by atoms with Gasteiger partial charge < -0.3 is 14.0 Å². The molecule has 0 radical (unpaired) electrons. The molecule has 1 N–H and O–H groups in total. The van der Waals surface area contributed by atoms with Crippen molar-refractivity contribution in [3.05, 3.63) is 145 Å². The zero-order valence-electron chi connectivity index (χ0n) is 33.0. The smallest absolute Gasteiger partial charge is 0.161 e. The normalized spacial score (nSPS) is 12.6. The molecule has 0 fully saturated rings. The summed E-state index contributed by atoms with van der Waals surface area (Å²) in [5, 5.41) is 4.63. The average molecular weight is 729 g/mol. The van der Waals surface area contributed by atoms with Crippen LogP contribution in [0.25, 0.3) is 99.7 Å². The van der Waals surface area contributed by atoms with Crippen LogP contribution in [0.4, 0.5) is 0 Å². The Morgan fingerprint density at radius 2 is 1.30 bits per heavy atom. The molecule has 56 heavy (non-hydrogen) atoms. The average Bonchev–Trinajstić information content (AvgIpc) is 3.87. The Morgan fingerprint density at radius 3 is 2.11 bits per heavy atom. The summed E-state index contributed by atoms with van der Waals surface area (Å²) in [6, 6.07) is 45.7. The van der Waals surface area contributed by atoms with E-state index in [-0.39, 0.29) is 10.8 Å². The summed E-state index contributed by atoms with van der Waals surface area (Å²) in [4.78, 5) is 14.3. The lowest BCUT2D eigenvalue weighted by Gasteiger charge is -2.21. The van der Waals surface area contributed by atoms with Gasteiger partial charge in [0, 0.05) is 57.0 Å². The van der Waals surface area contributed by atoms with Gasteiger partial charge in [0.15, 0.2) is 5.58 Å². The molecule has 10 rings (SSSR count). The third kappa shape index (κ3) is 5.44. The van der Waals surface area contributed by atoms with Gasteiger partial charge in [0.1, 0.15) is 17.1 Å². The van der Waals surface area contributed by atoms with Gasteiger partial charge in [-0.2, -0.15) is 0 Å². The number of imidazole rings is 1. The van der Waals surface area contributed by atoms with E-state index >= 15 is 0 Å². The molecule has 0 aliphatic carbocycles. The van der Waals surface area contributed by atoms with E-state index in [1.54, 1.807) is 0 Å². The number of aromatic amines is 1. The lowest BCUT2D eigenvalue weighted by Crippen LogP contribution is -2.11. The van der Waals surface area contributed by atoms with Gasteiger partial charge in [-0.3, -0.25) is 4.98 Å². The highest BCUT2D eigenvalue weighted by Gasteiger charge is 2.24. The Labute approximate surface area is 326 Å². The number of para-hydroxylation sites is 2. The number of hydrogen-bond acceptors (Lipinski definition) is 3. The van der Waals surface area contributed by atoms with E-state index in [1.807, 2.05) is 24.4 Å². The summed E-state index contributed by atoms with van der Waals surface area (Å²) in [6.07, 6.45) is 1.89. The summed E-state index contributed by atoms with van der Waals surface area (Å²) >= 11 is 0. The van der Waals surface area contributed by atoms with Crippen LogP contribution in [0.5, 0.6) is 0 Å². The predicted octanol–water partition coefficient (Wildman–Crippen LogP) is 13.8. The highest BCUT2D eigenvalue weighted by atomic mass is 16.3. The number of fused-ring (bicyclic) bond motifs is 7. The number of aryl methyl sites for hydroxylation is 1. The third-order valence-corrected chi connectivity index (χ3v) is 11.5. The van der Waals surface area contributed by atoms with Gasteiger partial charge in [0.25, 0.3) is 0 Å². The summed E-state index contributed by atoms with van der Waals surface area (Å²) < 4.78 is 8.75. The molecule has 0 bridgehead atoms. The highest BCUT2D eigenvalue weighted by Crippen LogP contribution is 2.42. The first-order chi connectivity index (χ1) is 26.9. The molecule has 4 heterocycles. The summed E-state index contributed by atoms with van der Waals surface area (Å²) in [6.45, 7) is 13.7. The standard InChI is InChI=1S/C51H44N4O/c1-50(2,3)34-20-21-42-39(27-34)40-28-35(51(4,5)6)29-41(46(40)53-42)49-54-47-36(17-13-18-43(47)55(49)7)32-24-31(30-14-9-8-10-15-30)25-33(26-32)45-48-38(22-23-52-45)37-16-11-12-19-44(37)56-48/h8-29,53H,1-7H3. The van der Waals surface area contributed by atoms with Gasteiger partial charge >= 0.3 is 0 Å². The maximum atomic E-state index is 6.50. The van der Waals surface area contributed by atoms with Crippen LogP contribution in [0.15, 0.2) is 138 Å². The quantitative estimate of drug-likeness (QED) is 0.196. The first-order valence-corrected chi connectivity index (χ1v) is 19.5. The van der Waals surface area contributed by atoms with Crippen molar-refractivity contribution in [2.75, 3.05) is 0 Å². The van der Waals surface area contributed by atoms with E-state index < -0.39 is 0 Å². The molecule has 0 amide bonds. The van der Waals surface area contributed by atoms with E-state index in [1.165, 1.54) is 21.9 Å². The number of benzene rings is 6. The van der Waals surface area contributed by atoms with E-state index in [4.69, 9.17) is 14.4 Å². The van der Waals surface area contributed by atoms with Gasteiger partial charge in [-0.15, -0.1) is 0 Å².